The summed E-state index contributed by atoms with van der Waals surface area (Å²) < 4.78 is 4.92. The van der Waals surface area contributed by atoms with Gasteiger partial charge in [-0.3, -0.25) is 4.79 Å². The molecule has 0 heterocycles. The first-order valence-electron chi connectivity index (χ1n) is 7.15. The van der Waals surface area contributed by atoms with E-state index < -0.39 is 5.97 Å². The Bertz CT molecular complexity index is 379. The molecule has 4 heteroatoms. The molecule has 0 radical (unpaired) electrons. The Morgan fingerprint density at radius 1 is 1.20 bits per heavy atom. The highest BCUT2D eigenvalue weighted by molar-refractivity contribution is 5.93. The van der Waals surface area contributed by atoms with Crippen molar-refractivity contribution in [1.29, 1.82) is 0 Å². The second kappa shape index (κ2) is 10.2. The van der Waals surface area contributed by atoms with Crippen molar-refractivity contribution in [2.45, 2.75) is 53.9 Å². The summed E-state index contributed by atoms with van der Waals surface area (Å²) in [6.07, 6.45) is 6.79. The average molecular weight is 281 g/mol. The van der Waals surface area contributed by atoms with Gasteiger partial charge in [0.25, 0.3) is 0 Å². The minimum atomic E-state index is -0.473. The van der Waals surface area contributed by atoms with Gasteiger partial charge in [-0.25, -0.2) is 4.79 Å². The minimum absolute atomic E-state index is 0.244. The van der Waals surface area contributed by atoms with Crippen LogP contribution in [0.25, 0.3) is 0 Å². The summed E-state index contributed by atoms with van der Waals surface area (Å²) in [5.74, 6) is -0.288. The summed E-state index contributed by atoms with van der Waals surface area (Å²) in [6, 6.07) is 0. The van der Waals surface area contributed by atoms with Gasteiger partial charge in [0, 0.05) is 6.92 Å². The van der Waals surface area contributed by atoms with Crippen molar-refractivity contribution in [2.24, 2.45) is 5.92 Å². The van der Waals surface area contributed by atoms with Crippen molar-refractivity contribution in [2.75, 3.05) is 6.61 Å². The smallest absolute Gasteiger partial charge is 0.354 e. The van der Waals surface area contributed by atoms with E-state index in [0.29, 0.717) is 12.5 Å². The van der Waals surface area contributed by atoms with Crippen molar-refractivity contribution >= 4 is 11.9 Å². The molecule has 1 amide bonds. The van der Waals surface area contributed by atoms with E-state index in [1.54, 1.807) is 13.0 Å². The van der Waals surface area contributed by atoms with Gasteiger partial charge in [-0.05, 0) is 46.0 Å². The maximum Gasteiger partial charge on any atom is 0.354 e. The number of rotatable bonds is 8. The lowest BCUT2D eigenvalue weighted by Gasteiger charge is -2.10. The van der Waals surface area contributed by atoms with Gasteiger partial charge in [-0.15, -0.1) is 0 Å². The Morgan fingerprint density at radius 2 is 1.85 bits per heavy atom. The molecule has 114 valence electrons. The Morgan fingerprint density at radius 3 is 2.35 bits per heavy atom. The minimum Gasteiger partial charge on any atom is -0.461 e. The Labute approximate surface area is 122 Å². The van der Waals surface area contributed by atoms with Crippen LogP contribution in [-0.4, -0.2) is 18.5 Å². The summed E-state index contributed by atoms with van der Waals surface area (Å²) in [4.78, 5) is 22.8. The van der Waals surface area contributed by atoms with Crippen LogP contribution >= 0.6 is 0 Å². The number of carbonyl (C=O) groups is 2. The maximum atomic E-state index is 11.7. The molecule has 0 aliphatic rings. The molecule has 0 rings (SSSR count). The number of nitrogens with one attached hydrogen (secondary N) is 1. The van der Waals surface area contributed by atoms with Crippen LogP contribution in [0.3, 0.4) is 0 Å². The predicted octanol–water partition coefficient (Wildman–Crippen LogP) is 3.34. The lowest BCUT2D eigenvalue weighted by Crippen LogP contribution is -2.26. The molecule has 0 aliphatic heterocycles. The molecule has 0 fully saturated rings. The van der Waals surface area contributed by atoms with Gasteiger partial charge in [-0.2, -0.15) is 0 Å². The molecule has 0 saturated heterocycles. The molecular weight excluding hydrogens is 254 g/mol. The molecule has 0 aromatic carbocycles. The molecule has 20 heavy (non-hydrogen) atoms. The molecule has 1 atom stereocenters. The second-order valence-electron chi connectivity index (χ2n) is 5.22. The van der Waals surface area contributed by atoms with Crippen LogP contribution in [0.15, 0.2) is 23.4 Å². The number of ether oxygens (including phenoxy) is 1. The molecule has 1 N–H and O–H groups in total. The Balaban J connectivity index is 4.47. The third-order valence-corrected chi connectivity index (χ3v) is 2.74. The fraction of sp³-hybridized carbons (Fsp3) is 0.625. The van der Waals surface area contributed by atoms with Crippen molar-refractivity contribution in [3.8, 4) is 0 Å². The molecule has 0 unspecified atom stereocenters. The summed E-state index contributed by atoms with van der Waals surface area (Å²) >= 11 is 0. The third kappa shape index (κ3) is 9.36. The summed E-state index contributed by atoms with van der Waals surface area (Å²) in [5.41, 5.74) is 1.56. The van der Waals surface area contributed by atoms with E-state index in [9.17, 15) is 9.59 Å². The molecular formula is C16H27NO3. The molecule has 0 aromatic heterocycles. The number of allylic oxidation sites excluding steroid dienone is 3. The fourth-order valence-electron chi connectivity index (χ4n) is 1.68. The van der Waals surface area contributed by atoms with Gasteiger partial charge < -0.3 is 10.1 Å². The Kier molecular flexibility index (Phi) is 9.43. The van der Waals surface area contributed by atoms with Crippen LogP contribution in [0.1, 0.15) is 53.9 Å². The molecule has 0 aliphatic carbocycles. The van der Waals surface area contributed by atoms with Crippen molar-refractivity contribution in [3.05, 3.63) is 23.4 Å². The quantitative estimate of drug-likeness (QED) is 0.422. The van der Waals surface area contributed by atoms with E-state index in [2.05, 4.69) is 32.2 Å². The topological polar surface area (TPSA) is 55.4 Å². The van der Waals surface area contributed by atoms with Gasteiger partial charge in [0.2, 0.25) is 5.91 Å². The van der Waals surface area contributed by atoms with Gasteiger partial charge >= 0.3 is 5.97 Å². The zero-order chi connectivity index (χ0) is 15.5. The fourth-order valence-corrected chi connectivity index (χ4v) is 1.68. The van der Waals surface area contributed by atoms with Gasteiger partial charge in [0.15, 0.2) is 0 Å². The predicted molar refractivity (Wildman–Crippen MR) is 81.0 cm³/mol. The van der Waals surface area contributed by atoms with Crippen LogP contribution in [0.2, 0.25) is 0 Å². The number of hydrogen-bond donors (Lipinski definition) is 1. The van der Waals surface area contributed by atoms with Crippen molar-refractivity contribution in [3.63, 3.8) is 0 Å². The first-order chi connectivity index (χ1) is 9.36. The normalized spacial score (nSPS) is 12.6. The number of carbonyl (C=O) groups excluding carboxylic acids is 2. The van der Waals surface area contributed by atoms with Crippen molar-refractivity contribution < 1.29 is 14.3 Å². The highest BCUT2D eigenvalue weighted by Crippen LogP contribution is 2.13. The monoisotopic (exact) mass is 281 g/mol. The van der Waals surface area contributed by atoms with E-state index in [4.69, 9.17) is 4.74 Å². The highest BCUT2D eigenvalue weighted by atomic mass is 16.5. The molecule has 0 aromatic rings. The second-order valence-corrected chi connectivity index (χ2v) is 5.22. The summed E-state index contributed by atoms with van der Waals surface area (Å²) in [7, 11) is 0. The van der Waals surface area contributed by atoms with Gasteiger partial charge in [-0.1, -0.05) is 24.6 Å². The van der Waals surface area contributed by atoms with E-state index in [0.717, 1.165) is 19.3 Å². The maximum absolute atomic E-state index is 11.7. The lowest BCUT2D eigenvalue weighted by molar-refractivity contribution is -0.140. The van der Waals surface area contributed by atoms with E-state index in [1.807, 2.05) is 0 Å². The summed E-state index contributed by atoms with van der Waals surface area (Å²) in [5, 5.41) is 2.53. The lowest BCUT2D eigenvalue weighted by atomic mass is 10.0. The standard InChI is InChI=1S/C16H27NO3/c1-6-20-16(19)15(17-14(5)18)11-10-13(4)9-7-8-12(2)3/h8,11,13H,6-7,9-10H2,1-5H3,(H,17,18)/t13-/m1/s1. The van der Waals surface area contributed by atoms with Crippen LogP contribution in [0, 0.1) is 5.92 Å². The van der Waals surface area contributed by atoms with E-state index in [1.165, 1.54) is 12.5 Å². The third-order valence-electron chi connectivity index (χ3n) is 2.74. The van der Waals surface area contributed by atoms with Gasteiger partial charge in [0.05, 0.1) is 6.61 Å². The molecule has 0 saturated carbocycles. The number of hydrogen-bond acceptors (Lipinski definition) is 3. The van der Waals surface area contributed by atoms with Gasteiger partial charge in [0.1, 0.15) is 5.70 Å². The number of amides is 1. The zero-order valence-corrected chi connectivity index (χ0v) is 13.3. The van der Waals surface area contributed by atoms with Crippen LogP contribution in [-0.2, 0) is 14.3 Å². The first-order valence-corrected chi connectivity index (χ1v) is 7.15. The molecule has 4 nitrogen and oxygen atoms in total. The largest absolute Gasteiger partial charge is 0.461 e. The van der Waals surface area contributed by atoms with Crippen LogP contribution < -0.4 is 5.32 Å². The number of esters is 1. The van der Waals surface area contributed by atoms with E-state index in [-0.39, 0.29) is 11.6 Å². The highest BCUT2D eigenvalue weighted by Gasteiger charge is 2.12. The van der Waals surface area contributed by atoms with Crippen LogP contribution in [0.4, 0.5) is 0 Å². The molecule has 0 spiro atoms. The van der Waals surface area contributed by atoms with E-state index >= 15 is 0 Å². The van der Waals surface area contributed by atoms with Crippen LogP contribution in [0.5, 0.6) is 0 Å². The Hall–Kier alpha value is -1.58. The zero-order valence-electron chi connectivity index (χ0n) is 13.3. The first kappa shape index (κ1) is 18.4. The SMILES string of the molecule is CCOC(=O)C(=CC[C@H](C)CCC=C(C)C)NC(C)=O. The molecule has 0 bridgehead atoms. The van der Waals surface area contributed by atoms with Crippen molar-refractivity contribution in [1.82, 2.24) is 5.32 Å². The summed E-state index contributed by atoms with van der Waals surface area (Å²) in [6.45, 7) is 9.72. The average Bonchev–Trinajstić information content (AvgIpc) is 2.33.